The number of aliphatic carboxylic acids is 1. The molecule has 1 fully saturated rings. The lowest BCUT2D eigenvalue weighted by atomic mass is 9.98. The molecule has 1 aliphatic heterocycles. The predicted molar refractivity (Wildman–Crippen MR) is 133 cm³/mol. The molecule has 1 N–H and O–H groups in total. The molecule has 1 saturated heterocycles. The standard InChI is InChI=1S/C26H50O9/c1-5-9-13-29-19-21-23(31-14-10-6-2)24(32-15-11-7-3)25(33-16-12-8-4)26(35-21)34-18-17-30-20-22(27)28/h21,23-26H,5-20H2,1-4H3,(H,27,28)/t21?,23-,24?,25?,26+/m0/s1. The molecule has 0 spiro atoms. The van der Waals surface area contributed by atoms with Crippen molar-refractivity contribution in [1.82, 2.24) is 0 Å². The minimum atomic E-state index is -1.01. The van der Waals surface area contributed by atoms with E-state index < -0.39 is 18.4 Å². The summed E-state index contributed by atoms with van der Waals surface area (Å²) in [5.41, 5.74) is 0. The van der Waals surface area contributed by atoms with Gasteiger partial charge in [0.1, 0.15) is 31.0 Å². The molecule has 9 heteroatoms. The molecule has 0 aromatic rings. The number of rotatable bonds is 23. The second-order valence-corrected chi connectivity index (χ2v) is 8.86. The molecule has 0 radical (unpaired) electrons. The number of carboxylic acid groups (broad SMARTS) is 1. The van der Waals surface area contributed by atoms with Crippen LogP contribution in [0, 0.1) is 0 Å². The van der Waals surface area contributed by atoms with Crippen molar-refractivity contribution in [3.63, 3.8) is 0 Å². The van der Waals surface area contributed by atoms with Crippen molar-refractivity contribution < 1.29 is 43.1 Å². The van der Waals surface area contributed by atoms with E-state index in [-0.39, 0.29) is 38.1 Å². The zero-order chi connectivity index (χ0) is 25.7. The van der Waals surface area contributed by atoms with E-state index >= 15 is 0 Å². The average molecular weight is 507 g/mol. The van der Waals surface area contributed by atoms with Crippen molar-refractivity contribution in [2.45, 2.75) is 110 Å². The van der Waals surface area contributed by atoms with Crippen LogP contribution in [-0.4, -0.2) is 94.6 Å². The van der Waals surface area contributed by atoms with Crippen LogP contribution in [0.5, 0.6) is 0 Å². The van der Waals surface area contributed by atoms with Crippen molar-refractivity contribution in [1.29, 1.82) is 0 Å². The molecule has 5 atom stereocenters. The third-order valence-electron chi connectivity index (χ3n) is 5.68. The third-order valence-corrected chi connectivity index (χ3v) is 5.68. The largest absolute Gasteiger partial charge is 0.480 e. The van der Waals surface area contributed by atoms with E-state index in [1.54, 1.807) is 0 Å². The quantitative estimate of drug-likeness (QED) is 0.204. The average Bonchev–Trinajstić information content (AvgIpc) is 2.84. The maximum absolute atomic E-state index is 10.7. The summed E-state index contributed by atoms with van der Waals surface area (Å²) in [6.45, 7) is 11.3. The summed E-state index contributed by atoms with van der Waals surface area (Å²) in [4.78, 5) is 10.7. The van der Waals surface area contributed by atoms with Crippen molar-refractivity contribution in [2.24, 2.45) is 0 Å². The van der Waals surface area contributed by atoms with Gasteiger partial charge >= 0.3 is 5.97 Å². The van der Waals surface area contributed by atoms with E-state index in [2.05, 4.69) is 27.7 Å². The summed E-state index contributed by atoms with van der Waals surface area (Å²) in [5.74, 6) is -1.01. The molecule has 208 valence electrons. The Hall–Kier alpha value is -0.810. The second kappa shape index (κ2) is 21.3. The minimum Gasteiger partial charge on any atom is -0.480 e. The first kappa shape index (κ1) is 32.2. The van der Waals surface area contributed by atoms with Crippen LogP contribution in [0.1, 0.15) is 79.1 Å². The van der Waals surface area contributed by atoms with E-state index in [0.717, 1.165) is 51.4 Å². The maximum Gasteiger partial charge on any atom is 0.329 e. The van der Waals surface area contributed by atoms with Gasteiger partial charge in [-0.1, -0.05) is 53.4 Å². The van der Waals surface area contributed by atoms with Gasteiger partial charge in [0.15, 0.2) is 6.29 Å². The smallest absolute Gasteiger partial charge is 0.329 e. The SMILES string of the molecule is CCCCOCC1O[C@@H](OCCOCC(=O)O)C(OCCCC)C(OCCCC)[C@H]1OCCCC. The number of hydrogen-bond donors (Lipinski definition) is 1. The van der Waals surface area contributed by atoms with E-state index in [9.17, 15) is 4.79 Å². The van der Waals surface area contributed by atoms with Crippen LogP contribution in [0.2, 0.25) is 0 Å². The molecule has 0 aromatic heterocycles. The Labute approximate surface area is 212 Å². The summed E-state index contributed by atoms with van der Waals surface area (Å²) < 4.78 is 42.4. The van der Waals surface area contributed by atoms with Crippen molar-refractivity contribution >= 4 is 5.97 Å². The first-order chi connectivity index (χ1) is 17.1. The second-order valence-electron chi connectivity index (χ2n) is 8.86. The van der Waals surface area contributed by atoms with Gasteiger partial charge in [-0.2, -0.15) is 0 Å². The van der Waals surface area contributed by atoms with Gasteiger partial charge in [-0.15, -0.1) is 0 Å². The number of unbranched alkanes of at least 4 members (excludes halogenated alkanes) is 4. The normalized spacial score (nSPS) is 24.6. The number of carbonyl (C=O) groups is 1. The van der Waals surface area contributed by atoms with Crippen LogP contribution in [0.3, 0.4) is 0 Å². The van der Waals surface area contributed by atoms with Gasteiger partial charge < -0.3 is 38.3 Å². The summed E-state index contributed by atoms with van der Waals surface area (Å²) >= 11 is 0. The zero-order valence-electron chi connectivity index (χ0n) is 22.4. The highest BCUT2D eigenvalue weighted by molar-refractivity contribution is 5.67. The third kappa shape index (κ3) is 13.9. The summed E-state index contributed by atoms with van der Waals surface area (Å²) in [7, 11) is 0. The van der Waals surface area contributed by atoms with Gasteiger partial charge in [0.25, 0.3) is 0 Å². The molecule has 0 saturated carbocycles. The van der Waals surface area contributed by atoms with E-state index in [1.807, 2.05) is 0 Å². The Morgan fingerprint density at radius 3 is 1.77 bits per heavy atom. The molecule has 1 rings (SSSR count). The lowest BCUT2D eigenvalue weighted by Crippen LogP contribution is -2.62. The predicted octanol–water partition coefficient (Wildman–Crippen LogP) is 4.20. The molecule has 0 aliphatic carbocycles. The molecule has 0 bridgehead atoms. The molecule has 0 amide bonds. The van der Waals surface area contributed by atoms with Crippen molar-refractivity contribution in [3.8, 4) is 0 Å². The van der Waals surface area contributed by atoms with Crippen molar-refractivity contribution in [3.05, 3.63) is 0 Å². The van der Waals surface area contributed by atoms with Gasteiger partial charge in [0.05, 0.1) is 19.8 Å². The number of ether oxygens (including phenoxy) is 7. The van der Waals surface area contributed by atoms with Crippen LogP contribution in [0.25, 0.3) is 0 Å². The fraction of sp³-hybridized carbons (Fsp3) is 0.962. The zero-order valence-corrected chi connectivity index (χ0v) is 22.4. The maximum atomic E-state index is 10.7. The lowest BCUT2D eigenvalue weighted by molar-refractivity contribution is -0.324. The summed E-state index contributed by atoms with van der Waals surface area (Å²) in [6.07, 6.45) is 5.65. The summed E-state index contributed by atoms with van der Waals surface area (Å²) in [5, 5.41) is 8.78. The molecule has 1 aliphatic rings. The number of carboxylic acids is 1. The van der Waals surface area contributed by atoms with Crippen molar-refractivity contribution in [2.75, 3.05) is 52.9 Å². The Balaban J connectivity index is 3.02. The van der Waals surface area contributed by atoms with E-state index in [0.29, 0.717) is 33.0 Å². The van der Waals surface area contributed by atoms with Gasteiger partial charge in [-0.25, -0.2) is 4.79 Å². The van der Waals surface area contributed by atoms with Crippen LogP contribution in [-0.2, 0) is 38.0 Å². The first-order valence-electron chi connectivity index (χ1n) is 13.6. The monoisotopic (exact) mass is 506 g/mol. The molecule has 3 unspecified atom stereocenters. The summed E-state index contributed by atoms with van der Waals surface area (Å²) in [6, 6.07) is 0. The molecular formula is C26H50O9. The van der Waals surface area contributed by atoms with Crippen LogP contribution >= 0.6 is 0 Å². The van der Waals surface area contributed by atoms with Gasteiger partial charge in [-0.05, 0) is 25.7 Å². The molecule has 35 heavy (non-hydrogen) atoms. The minimum absolute atomic E-state index is 0.142. The number of hydrogen-bond acceptors (Lipinski definition) is 8. The Kier molecular flexibility index (Phi) is 19.6. The van der Waals surface area contributed by atoms with Crippen LogP contribution < -0.4 is 0 Å². The van der Waals surface area contributed by atoms with Gasteiger partial charge in [-0.3, -0.25) is 0 Å². The van der Waals surface area contributed by atoms with Crippen LogP contribution in [0.15, 0.2) is 0 Å². The van der Waals surface area contributed by atoms with E-state index in [4.69, 9.17) is 38.3 Å². The first-order valence-corrected chi connectivity index (χ1v) is 13.6. The lowest BCUT2D eigenvalue weighted by Gasteiger charge is -2.46. The fourth-order valence-electron chi connectivity index (χ4n) is 3.63. The Morgan fingerprint density at radius 1 is 0.657 bits per heavy atom. The Morgan fingerprint density at radius 2 is 1.20 bits per heavy atom. The van der Waals surface area contributed by atoms with Crippen LogP contribution in [0.4, 0.5) is 0 Å². The van der Waals surface area contributed by atoms with Gasteiger partial charge in [0.2, 0.25) is 0 Å². The fourth-order valence-corrected chi connectivity index (χ4v) is 3.63. The molecule has 0 aromatic carbocycles. The Bertz CT molecular complexity index is 505. The molecule has 9 nitrogen and oxygen atoms in total. The highest BCUT2D eigenvalue weighted by Crippen LogP contribution is 2.30. The van der Waals surface area contributed by atoms with E-state index in [1.165, 1.54) is 0 Å². The highest BCUT2D eigenvalue weighted by Gasteiger charge is 2.48. The topological polar surface area (TPSA) is 102 Å². The molecule has 1 heterocycles. The highest BCUT2D eigenvalue weighted by atomic mass is 16.7. The van der Waals surface area contributed by atoms with Gasteiger partial charge in [0, 0.05) is 26.4 Å². The molecular weight excluding hydrogens is 456 g/mol.